The predicted octanol–water partition coefficient (Wildman–Crippen LogP) is 5.27. The summed E-state index contributed by atoms with van der Waals surface area (Å²) in [5.74, 6) is 2.40. The lowest BCUT2D eigenvalue weighted by Gasteiger charge is -2.56. The molecule has 2 nitrogen and oxygen atoms in total. The van der Waals surface area contributed by atoms with Crippen molar-refractivity contribution < 1.29 is 9.53 Å². The molecule has 0 amide bonds. The van der Waals surface area contributed by atoms with Crippen LogP contribution < -0.4 is 0 Å². The molecule has 2 heteroatoms. The van der Waals surface area contributed by atoms with Crippen LogP contribution in [0.2, 0.25) is 0 Å². The number of allylic oxidation sites excluding steroid dienone is 2. The Morgan fingerprint density at radius 3 is 2.78 bits per heavy atom. The van der Waals surface area contributed by atoms with Crippen LogP contribution in [0, 0.1) is 28.6 Å². The van der Waals surface area contributed by atoms with E-state index in [0.29, 0.717) is 16.7 Å². The van der Waals surface area contributed by atoms with Crippen LogP contribution in [0.4, 0.5) is 0 Å². The molecule has 0 saturated heterocycles. The largest absolute Gasteiger partial charge is 0.463 e. The van der Waals surface area contributed by atoms with Crippen LogP contribution in [0.15, 0.2) is 11.6 Å². The average Bonchev–Trinajstić information content (AvgIpc) is 2.89. The highest BCUT2D eigenvalue weighted by atomic mass is 16.5. The molecule has 0 N–H and O–H groups in total. The standard InChI is InChI=1S/C21H32O2/c1-14(22)23-16-8-12-21(3)15(13-16)6-7-17-18-5-4-10-20(18,2)11-9-19(17)21/h9,15-18H,4-8,10-13H2,1-3H3/t15-,16?,17?,18?,20?,21?/m0/s1. The zero-order chi connectivity index (χ0) is 16.2. The number of rotatable bonds is 1. The van der Waals surface area contributed by atoms with Gasteiger partial charge in [-0.25, -0.2) is 0 Å². The Morgan fingerprint density at radius 2 is 2.00 bits per heavy atom. The summed E-state index contributed by atoms with van der Waals surface area (Å²) in [6.45, 7) is 6.62. The Bertz CT molecular complexity index is 536. The van der Waals surface area contributed by atoms with Gasteiger partial charge in [0.25, 0.3) is 0 Å². The molecule has 6 atom stereocenters. The molecule has 4 rings (SSSR count). The van der Waals surface area contributed by atoms with E-state index in [1.807, 2.05) is 0 Å². The van der Waals surface area contributed by atoms with Gasteiger partial charge in [-0.05, 0) is 80.0 Å². The van der Waals surface area contributed by atoms with Gasteiger partial charge in [0.2, 0.25) is 0 Å². The maximum Gasteiger partial charge on any atom is 0.302 e. The summed E-state index contributed by atoms with van der Waals surface area (Å²) in [7, 11) is 0. The zero-order valence-electron chi connectivity index (χ0n) is 15.1. The Morgan fingerprint density at radius 1 is 1.17 bits per heavy atom. The van der Waals surface area contributed by atoms with Crippen molar-refractivity contribution in [2.75, 3.05) is 0 Å². The van der Waals surface area contributed by atoms with E-state index in [1.165, 1.54) is 44.9 Å². The highest BCUT2D eigenvalue weighted by molar-refractivity contribution is 5.66. The molecule has 0 aliphatic heterocycles. The first-order valence-electron chi connectivity index (χ1n) is 9.80. The summed E-state index contributed by atoms with van der Waals surface area (Å²) >= 11 is 0. The first-order chi connectivity index (χ1) is 10.9. The van der Waals surface area contributed by atoms with Crippen LogP contribution in [0.1, 0.15) is 78.6 Å². The molecule has 3 fully saturated rings. The molecule has 128 valence electrons. The molecular formula is C21H32O2. The van der Waals surface area contributed by atoms with E-state index >= 15 is 0 Å². The summed E-state index contributed by atoms with van der Waals surface area (Å²) in [5.41, 5.74) is 2.77. The molecular weight excluding hydrogens is 284 g/mol. The number of carbonyl (C=O) groups is 1. The van der Waals surface area contributed by atoms with Gasteiger partial charge >= 0.3 is 5.97 Å². The average molecular weight is 316 g/mol. The van der Waals surface area contributed by atoms with E-state index in [9.17, 15) is 4.79 Å². The number of hydrogen-bond donors (Lipinski definition) is 0. The van der Waals surface area contributed by atoms with Crippen molar-refractivity contribution in [1.82, 2.24) is 0 Å². The molecule has 5 unspecified atom stereocenters. The molecule has 0 aromatic carbocycles. The number of esters is 1. The van der Waals surface area contributed by atoms with Crippen molar-refractivity contribution in [1.29, 1.82) is 0 Å². The molecule has 0 aromatic rings. The predicted molar refractivity (Wildman–Crippen MR) is 91.9 cm³/mol. The number of fused-ring (bicyclic) bond motifs is 5. The van der Waals surface area contributed by atoms with Gasteiger partial charge in [-0.1, -0.05) is 31.9 Å². The van der Waals surface area contributed by atoms with Gasteiger partial charge in [-0.15, -0.1) is 0 Å². The van der Waals surface area contributed by atoms with E-state index in [4.69, 9.17) is 4.74 Å². The van der Waals surface area contributed by atoms with Gasteiger partial charge < -0.3 is 4.74 Å². The molecule has 0 radical (unpaired) electrons. The molecule has 0 bridgehead atoms. The summed E-state index contributed by atoms with van der Waals surface area (Å²) in [6, 6.07) is 0. The van der Waals surface area contributed by atoms with Gasteiger partial charge in [-0.3, -0.25) is 4.79 Å². The van der Waals surface area contributed by atoms with Crippen molar-refractivity contribution in [2.45, 2.75) is 84.7 Å². The van der Waals surface area contributed by atoms with Crippen molar-refractivity contribution in [3.63, 3.8) is 0 Å². The van der Waals surface area contributed by atoms with Crippen molar-refractivity contribution in [2.24, 2.45) is 28.6 Å². The van der Waals surface area contributed by atoms with Gasteiger partial charge in [0.15, 0.2) is 0 Å². The molecule has 0 heterocycles. The number of hydrogen-bond acceptors (Lipinski definition) is 2. The first kappa shape index (κ1) is 15.7. The summed E-state index contributed by atoms with van der Waals surface area (Å²) in [5, 5.41) is 0. The lowest BCUT2D eigenvalue weighted by Crippen LogP contribution is -2.48. The Kier molecular flexibility index (Phi) is 3.66. The minimum atomic E-state index is -0.106. The van der Waals surface area contributed by atoms with Crippen molar-refractivity contribution in [3.05, 3.63) is 11.6 Å². The molecule has 4 aliphatic rings. The quantitative estimate of drug-likeness (QED) is 0.486. The number of ether oxygens (including phenoxy) is 1. The third kappa shape index (κ3) is 2.39. The van der Waals surface area contributed by atoms with Gasteiger partial charge in [0, 0.05) is 6.92 Å². The zero-order valence-corrected chi connectivity index (χ0v) is 15.1. The van der Waals surface area contributed by atoms with Crippen LogP contribution in [0.3, 0.4) is 0 Å². The summed E-state index contributed by atoms with van der Waals surface area (Å²) < 4.78 is 5.55. The minimum absolute atomic E-state index is 0.106. The Hall–Kier alpha value is -0.790. The molecule has 0 aromatic heterocycles. The van der Waals surface area contributed by atoms with Crippen LogP contribution in [0.5, 0.6) is 0 Å². The lowest BCUT2D eigenvalue weighted by molar-refractivity contribution is -0.151. The van der Waals surface area contributed by atoms with Crippen LogP contribution in [-0.4, -0.2) is 12.1 Å². The number of carbonyl (C=O) groups excluding carboxylic acids is 1. The first-order valence-corrected chi connectivity index (χ1v) is 9.80. The fourth-order valence-electron chi connectivity index (χ4n) is 6.82. The smallest absolute Gasteiger partial charge is 0.302 e. The highest BCUT2D eigenvalue weighted by Crippen LogP contribution is 2.64. The lowest BCUT2D eigenvalue weighted by atomic mass is 9.49. The molecule has 3 saturated carbocycles. The van der Waals surface area contributed by atoms with Crippen molar-refractivity contribution in [3.8, 4) is 0 Å². The molecule has 0 spiro atoms. The van der Waals surface area contributed by atoms with E-state index in [-0.39, 0.29) is 12.1 Å². The second kappa shape index (κ2) is 5.36. The highest BCUT2D eigenvalue weighted by Gasteiger charge is 2.54. The Labute approximate surface area is 141 Å². The summed E-state index contributed by atoms with van der Waals surface area (Å²) in [6.07, 6.45) is 14.5. The third-order valence-corrected chi connectivity index (χ3v) is 8.08. The minimum Gasteiger partial charge on any atom is -0.463 e. The van der Waals surface area contributed by atoms with Crippen molar-refractivity contribution >= 4 is 5.97 Å². The molecule has 4 aliphatic carbocycles. The van der Waals surface area contributed by atoms with Gasteiger partial charge in [0.1, 0.15) is 6.10 Å². The SMILES string of the molecule is CC(=O)OC1CCC2(C)C3=CCC4(C)CCCC4C3CC[C@H]2C1. The topological polar surface area (TPSA) is 26.3 Å². The van der Waals surface area contributed by atoms with Crippen LogP contribution in [-0.2, 0) is 9.53 Å². The van der Waals surface area contributed by atoms with E-state index < -0.39 is 0 Å². The molecule has 23 heavy (non-hydrogen) atoms. The maximum atomic E-state index is 11.3. The van der Waals surface area contributed by atoms with Crippen LogP contribution >= 0.6 is 0 Å². The second-order valence-corrected chi connectivity index (χ2v) is 9.32. The van der Waals surface area contributed by atoms with E-state index in [0.717, 1.165) is 24.7 Å². The second-order valence-electron chi connectivity index (χ2n) is 9.32. The van der Waals surface area contributed by atoms with E-state index in [2.05, 4.69) is 19.9 Å². The normalized spacial score (nSPS) is 48.7. The Balaban J connectivity index is 1.58. The summed E-state index contributed by atoms with van der Waals surface area (Å²) in [4.78, 5) is 11.3. The van der Waals surface area contributed by atoms with Gasteiger partial charge in [-0.2, -0.15) is 0 Å². The van der Waals surface area contributed by atoms with E-state index in [1.54, 1.807) is 12.5 Å². The maximum absolute atomic E-state index is 11.3. The third-order valence-electron chi connectivity index (χ3n) is 8.08. The monoisotopic (exact) mass is 316 g/mol. The fraction of sp³-hybridized carbons (Fsp3) is 0.857. The van der Waals surface area contributed by atoms with Gasteiger partial charge in [0.05, 0.1) is 0 Å². The van der Waals surface area contributed by atoms with Crippen LogP contribution in [0.25, 0.3) is 0 Å². The fourth-order valence-corrected chi connectivity index (χ4v) is 6.82.